The molecule has 0 aromatic carbocycles. The lowest BCUT2D eigenvalue weighted by Crippen LogP contribution is -2.67. The van der Waals surface area contributed by atoms with E-state index in [0.717, 1.165) is 62.7 Å². The molecule has 0 aromatic rings. The number of hydrogen-bond acceptors (Lipinski definition) is 6. The van der Waals surface area contributed by atoms with Gasteiger partial charge in [0.05, 0.1) is 23.5 Å². The van der Waals surface area contributed by atoms with Crippen molar-refractivity contribution in [1.82, 2.24) is 0 Å². The lowest BCUT2D eigenvalue weighted by Gasteiger charge is -2.68. The van der Waals surface area contributed by atoms with Crippen molar-refractivity contribution in [1.29, 1.82) is 0 Å². The number of ketones is 3. The first-order valence-corrected chi connectivity index (χ1v) is 17.3. The average molecular weight is 597 g/mol. The van der Waals surface area contributed by atoms with Crippen molar-refractivity contribution in [2.45, 2.75) is 113 Å². The van der Waals surface area contributed by atoms with Crippen LogP contribution in [-0.2, 0) is 23.9 Å². The molecule has 0 saturated heterocycles. The zero-order chi connectivity index (χ0) is 31.1. The Hall–Kier alpha value is -1.69. The highest BCUT2D eigenvalue weighted by atomic mass is 32.2. The quantitative estimate of drug-likeness (QED) is 0.139. The van der Waals surface area contributed by atoms with Gasteiger partial charge in [0.1, 0.15) is 0 Å². The number of hydrogen-bond donors (Lipinski definition) is 0. The minimum atomic E-state index is -0.923. The molecule has 0 heterocycles. The van der Waals surface area contributed by atoms with E-state index < -0.39 is 27.1 Å². The molecule has 5 rings (SSSR count). The second kappa shape index (κ2) is 10.2. The number of esters is 1. The van der Waals surface area contributed by atoms with Crippen LogP contribution >= 0.6 is 11.8 Å². The molecule has 0 N–H and O–H groups in total. The third kappa shape index (κ3) is 4.08. The maximum Gasteiger partial charge on any atom is 0.312 e. The van der Waals surface area contributed by atoms with Crippen molar-refractivity contribution in [2.24, 2.45) is 50.2 Å². The molecule has 0 bridgehead atoms. The average Bonchev–Trinajstić information content (AvgIpc) is 2.92. The van der Waals surface area contributed by atoms with Gasteiger partial charge in [-0.15, -0.1) is 11.8 Å². The highest BCUT2D eigenvalue weighted by Gasteiger charge is 2.72. The first-order valence-electron chi connectivity index (χ1n) is 16.2. The van der Waals surface area contributed by atoms with E-state index in [1.54, 1.807) is 11.8 Å². The summed E-state index contributed by atoms with van der Waals surface area (Å²) in [5, 5.41) is 1.82. The lowest BCUT2D eigenvalue weighted by atomic mass is 9.33. The van der Waals surface area contributed by atoms with Crippen molar-refractivity contribution < 1.29 is 23.9 Å². The van der Waals surface area contributed by atoms with Gasteiger partial charge in [-0.2, -0.15) is 0 Å². The standard InChI is InChI=1S/C36H52O5S/c1-10-11-18-42-21-22-28(38)32(4,5)25-12-13-33(6)26(35(25,8)29(22)39)19-24(37)27-23-20-31(2,3)14-16-36(23,30(40)41-9)17-15-34(27,33)7/h19,21,23,25,27H,10-18,20H2,1-9H3/b22-21-/t23-,25-,27-,33+,34+,35-,36-/m0/s1. The van der Waals surface area contributed by atoms with Gasteiger partial charge in [0.25, 0.3) is 0 Å². The number of ether oxygens (including phenoxy) is 1. The molecular weight excluding hydrogens is 544 g/mol. The second-order valence-electron chi connectivity index (χ2n) is 16.2. The summed E-state index contributed by atoms with van der Waals surface area (Å²) in [7, 11) is 1.48. The summed E-state index contributed by atoms with van der Waals surface area (Å²) in [6, 6.07) is 0. The van der Waals surface area contributed by atoms with Crippen LogP contribution in [0.15, 0.2) is 22.6 Å². The Labute approximate surface area is 257 Å². The van der Waals surface area contributed by atoms with E-state index in [4.69, 9.17) is 4.74 Å². The summed E-state index contributed by atoms with van der Waals surface area (Å²) in [4.78, 5) is 56.5. The molecular formula is C36H52O5S. The number of fused-ring (bicyclic) bond motifs is 7. The largest absolute Gasteiger partial charge is 0.469 e. The zero-order valence-electron chi connectivity index (χ0n) is 27.4. The highest BCUT2D eigenvalue weighted by Crippen LogP contribution is 2.74. The summed E-state index contributed by atoms with van der Waals surface area (Å²) in [5.74, 6) is 0.0587. The number of unbranched alkanes of at least 4 members (excludes halogenated alkanes) is 1. The highest BCUT2D eigenvalue weighted by molar-refractivity contribution is 8.02. The van der Waals surface area contributed by atoms with Gasteiger partial charge < -0.3 is 4.74 Å². The van der Waals surface area contributed by atoms with Crippen LogP contribution in [0, 0.1) is 50.2 Å². The van der Waals surface area contributed by atoms with E-state index in [-0.39, 0.29) is 46.5 Å². The van der Waals surface area contributed by atoms with Crippen LogP contribution < -0.4 is 0 Å². The monoisotopic (exact) mass is 596 g/mol. The first-order chi connectivity index (χ1) is 19.5. The normalized spacial score (nSPS) is 43.1. The molecule has 0 radical (unpaired) electrons. The number of carbonyl (C=O) groups is 4. The van der Waals surface area contributed by atoms with E-state index in [2.05, 4.69) is 34.6 Å². The molecule has 6 heteroatoms. The second-order valence-corrected chi connectivity index (χ2v) is 17.2. The smallest absolute Gasteiger partial charge is 0.312 e. The molecule has 4 fully saturated rings. The Morgan fingerprint density at radius 1 is 0.976 bits per heavy atom. The van der Waals surface area contributed by atoms with Crippen molar-refractivity contribution in [3.05, 3.63) is 22.6 Å². The molecule has 0 spiro atoms. The van der Waals surface area contributed by atoms with Gasteiger partial charge >= 0.3 is 5.97 Å². The maximum atomic E-state index is 14.6. The predicted molar refractivity (Wildman–Crippen MR) is 168 cm³/mol. The topological polar surface area (TPSA) is 77.5 Å². The van der Waals surface area contributed by atoms with Gasteiger partial charge in [0.2, 0.25) is 0 Å². The fourth-order valence-corrected chi connectivity index (χ4v) is 11.6. The van der Waals surface area contributed by atoms with Crippen LogP contribution in [0.1, 0.15) is 113 Å². The van der Waals surface area contributed by atoms with Crippen LogP contribution in [-0.4, -0.2) is 36.2 Å². The molecule has 4 saturated carbocycles. The molecule has 5 aliphatic carbocycles. The fraction of sp³-hybridized carbons (Fsp3) is 0.778. The Morgan fingerprint density at radius 3 is 2.29 bits per heavy atom. The summed E-state index contributed by atoms with van der Waals surface area (Å²) in [6.45, 7) is 17.3. The number of Topliss-reactive ketones (excluding diaryl/α,β-unsaturated/α-hetero) is 2. The summed E-state index contributed by atoms with van der Waals surface area (Å²) >= 11 is 1.56. The number of thioether (sulfide) groups is 1. The van der Waals surface area contributed by atoms with Crippen molar-refractivity contribution in [2.75, 3.05) is 12.9 Å². The molecule has 42 heavy (non-hydrogen) atoms. The first kappa shape index (κ1) is 31.7. The lowest BCUT2D eigenvalue weighted by molar-refractivity contribution is -0.192. The van der Waals surface area contributed by atoms with Crippen molar-refractivity contribution >= 4 is 35.1 Å². The van der Waals surface area contributed by atoms with E-state index >= 15 is 0 Å². The minimum Gasteiger partial charge on any atom is -0.469 e. The fourth-order valence-electron chi connectivity index (χ4n) is 10.6. The molecule has 7 atom stereocenters. The van der Waals surface area contributed by atoms with E-state index in [9.17, 15) is 19.2 Å². The SMILES string of the molecule is CCCCS/C=C1/C(=O)C(C)(C)[C@@H]2CC[C@]3(C)C(=CC(=O)[C@@H]4[C@@H]5CC(C)(C)CC[C@]5(C(=O)OC)CC[C@]43C)[C@@]2(C)C1=O. The Kier molecular flexibility index (Phi) is 7.68. The molecule has 0 aromatic heterocycles. The van der Waals surface area contributed by atoms with Crippen LogP contribution in [0.4, 0.5) is 0 Å². The molecule has 0 unspecified atom stereocenters. The van der Waals surface area contributed by atoms with Crippen LogP contribution in [0.3, 0.4) is 0 Å². The summed E-state index contributed by atoms with van der Waals surface area (Å²) < 4.78 is 5.44. The van der Waals surface area contributed by atoms with Gasteiger partial charge in [0.15, 0.2) is 17.3 Å². The van der Waals surface area contributed by atoms with Gasteiger partial charge in [0, 0.05) is 11.3 Å². The van der Waals surface area contributed by atoms with E-state index in [0.29, 0.717) is 12.0 Å². The van der Waals surface area contributed by atoms with Gasteiger partial charge in [-0.05, 0) is 109 Å². The number of carbonyl (C=O) groups excluding carboxylic acids is 4. The van der Waals surface area contributed by atoms with Crippen molar-refractivity contribution in [3.63, 3.8) is 0 Å². The van der Waals surface area contributed by atoms with Gasteiger partial charge in [-0.25, -0.2) is 0 Å². The maximum absolute atomic E-state index is 14.6. The van der Waals surface area contributed by atoms with Gasteiger partial charge in [-0.3, -0.25) is 19.2 Å². The molecule has 0 amide bonds. The van der Waals surface area contributed by atoms with Gasteiger partial charge in [-0.1, -0.05) is 54.9 Å². The molecule has 5 aliphatic rings. The predicted octanol–water partition coefficient (Wildman–Crippen LogP) is 7.92. The third-order valence-corrected chi connectivity index (χ3v) is 14.3. The van der Waals surface area contributed by atoms with Crippen molar-refractivity contribution in [3.8, 4) is 0 Å². The van der Waals surface area contributed by atoms with Crippen LogP contribution in [0.2, 0.25) is 0 Å². The molecule has 5 nitrogen and oxygen atoms in total. The van der Waals surface area contributed by atoms with Crippen LogP contribution in [0.25, 0.3) is 0 Å². The van der Waals surface area contributed by atoms with E-state index in [1.807, 2.05) is 32.3 Å². The minimum absolute atomic E-state index is 0.0358. The number of allylic oxidation sites excluding steroid dienone is 3. The Bertz CT molecular complexity index is 1270. The van der Waals surface area contributed by atoms with E-state index in [1.165, 1.54) is 7.11 Å². The van der Waals surface area contributed by atoms with Crippen LogP contribution in [0.5, 0.6) is 0 Å². The zero-order valence-corrected chi connectivity index (χ0v) is 28.2. The summed E-state index contributed by atoms with van der Waals surface area (Å²) in [6.07, 6.45) is 9.48. The third-order valence-electron chi connectivity index (χ3n) is 13.4. The Balaban J connectivity index is 1.65. The number of methoxy groups -OCH3 is 1. The molecule has 232 valence electrons. The summed E-state index contributed by atoms with van der Waals surface area (Å²) in [5.41, 5.74) is -1.77. The Morgan fingerprint density at radius 2 is 1.64 bits per heavy atom. The number of rotatable bonds is 5. The molecule has 0 aliphatic heterocycles.